The van der Waals surface area contributed by atoms with Crippen molar-refractivity contribution >= 4 is 22.5 Å². The lowest BCUT2D eigenvalue weighted by atomic mass is 10.1. The molecular formula is C17H18ClN5O. The molecule has 1 aliphatic heterocycles. The van der Waals surface area contributed by atoms with E-state index in [2.05, 4.69) is 26.0 Å². The molecule has 1 fully saturated rings. The number of ether oxygens (including phenoxy) is 1. The number of morpholine rings is 1. The molecule has 0 radical (unpaired) electrons. The molecule has 124 valence electrons. The first-order chi connectivity index (χ1) is 11.8. The summed E-state index contributed by atoms with van der Waals surface area (Å²) in [4.78, 5) is 10.9. The molecule has 0 bridgehead atoms. The van der Waals surface area contributed by atoms with Crippen LogP contribution in [-0.4, -0.2) is 50.4 Å². The minimum absolute atomic E-state index is 0.118. The number of pyridine rings is 1. The van der Waals surface area contributed by atoms with Gasteiger partial charge in [0.25, 0.3) is 0 Å². The van der Waals surface area contributed by atoms with Crippen LogP contribution in [0, 0.1) is 0 Å². The van der Waals surface area contributed by atoms with Crippen LogP contribution in [0.5, 0.6) is 0 Å². The van der Waals surface area contributed by atoms with Crippen LogP contribution in [0.3, 0.4) is 0 Å². The second kappa shape index (κ2) is 6.84. The van der Waals surface area contributed by atoms with E-state index >= 15 is 0 Å². The first-order valence-electron chi connectivity index (χ1n) is 7.98. The molecule has 0 spiro atoms. The van der Waals surface area contributed by atoms with Crippen molar-refractivity contribution in [2.45, 2.75) is 19.2 Å². The Kier molecular flexibility index (Phi) is 4.42. The molecule has 2 aromatic heterocycles. The minimum Gasteiger partial charge on any atom is -0.374 e. The van der Waals surface area contributed by atoms with Crippen LogP contribution in [0.25, 0.3) is 10.9 Å². The van der Waals surface area contributed by atoms with Crippen LogP contribution >= 0.6 is 11.6 Å². The van der Waals surface area contributed by atoms with Crippen LogP contribution < -0.4 is 0 Å². The fraction of sp³-hybridized carbons (Fsp3) is 0.353. The summed E-state index contributed by atoms with van der Waals surface area (Å²) < 4.78 is 7.67. The molecule has 1 atom stereocenters. The molecular weight excluding hydrogens is 326 g/mol. The number of halogens is 1. The van der Waals surface area contributed by atoms with Gasteiger partial charge in [0.15, 0.2) is 0 Å². The van der Waals surface area contributed by atoms with Crippen molar-refractivity contribution < 1.29 is 4.74 Å². The molecule has 24 heavy (non-hydrogen) atoms. The van der Waals surface area contributed by atoms with Crippen LogP contribution in [0.1, 0.15) is 5.56 Å². The SMILES string of the molecule is Clc1ccc(CN2CCO[C@@H](Cn3cncn3)C2)c2ncccc12. The number of hydrogen-bond acceptors (Lipinski definition) is 5. The molecule has 1 saturated heterocycles. The highest BCUT2D eigenvalue weighted by Crippen LogP contribution is 2.26. The van der Waals surface area contributed by atoms with E-state index in [1.807, 2.05) is 29.1 Å². The van der Waals surface area contributed by atoms with Crippen molar-refractivity contribution in [2.24, 2.45) is 0 Å². The molecule has 7 heteroatoms. The van der Waals surface area contributed by atoms with Crippen LogP contribution in [0.15, 0.2) is 43.1 Å². The fourth-order valence-electron chi connectivity index (χ4n) is 3.14. The lowest BCUT2D eigenvalue weighted by Gasteiger charge is -2.33. The highest BCUT2D eigenvalue weighted by Gasteiger charge is 2.22. The third-order valence-electron chi connectivity index (χ3n) is 4.27. The van der Waals surface area contributed by atoms with Gasteiger partial charge in [0, 0.05) is 36.2 Å². The van der Waals surface area contributed by atoms with Crippen molar-refractivity contribution in [2.75, 3.05) is 19.7 Å². The topological polar surface area (TPSA) is 56.1 Å². The highest BCUT2D eigenvalue weighted by molar-refractivity contribution is 6.35. The van der Waals surface area contributed by atoms with Crippen molar-refractivity contribution in [3.05, 3.63) is 53.7 Å². The van der Waals surface area contributed by atoms with Crippen molar-refractivity contribution in [3.63, 3.8) is 0 Å². The molecule has 0 saturated carbocycles. The predicted molar refractivity (Wildman–Crippen MR) is 91.8 cm³/mol. The second-order valence-corrected chi connectivity index (χ2v) is 6.36. The number of aromatic nitrogens is 4. The van der Waals surface area contributed by atoms with E-state index in [9.17, 15) is 0 Å². The normalized spacial score (nSPS) is 19.0. The van der Waals surface area contributed by atoms with Gasteiger partial charge in [0.2, 0.25) is 0 Å². The maximum Gasteiger partial charge on any atom is 0.137 e. The zero-order valence-corrected chi connectivity index (χ0v) is 13.9. The summed E-state index contributed by atoms with van der Waals surface area (Å²) in [6, 6.07) is 7.95. The monoisotopic (exact) mass is 343 g/mol. The summed E-state index contributed by atoms with van der Waals surface area (Å²) in [7, 11) is 0. The number of hydrogen-bond donors (Lipinski definition) is 0. The Balaban J connectivity index is 1.50. The van der Waals surface area contributed by atoms with E-state index in [4.69, 9.17) is 16.3 Å². The molecule has 0 unspecified atom stereocenters. The van der Waals surface area contributed by atoms with Crippen LogP contribution in [0.4, 0.5) is 0 Å². The molecule has 0 aliphatic carbocycles. The Morgan fingerprint density at radius 2 is 2.25 bits per heavy atom. The average molecular weight is 344 g/mol. The number of rotatable bonds is 4. The Morgan fingerprint density at radius 3 is 3.12 bits per heavy atom. The summed E-state index contributed by atoms with van der Waals surface area (Å²) in [6.45, 7) is 4.04. The van der Waals surface area contributed by atoms with Gasteiger partial charge < -0.3 is 4.74 Å². The smallest absolute Gasteiger partial charge is 0.137 e. The van der Waals surface area contributed by atoms with Crippen molar-refractivity contribution in [3.8, 4) is 0 Å². The van der Waals surface area contributed by atoms with Crippen LogP contribution in [0.2, 0.25) is 5.02 Å². The second-order valence-electron chi connectivity index (χ2n) is 5.95. The molecule has 1 aliphatic rings. The molecule has 4 rings (SSSR count). The van der Waals surface area contributed by atoms with E-state index in [0.29, 0.717) is 0 Å². The van der Waals surface area contributed by atoms with Crippen molar-refractivity contribution in [1.29, 1.82) is 0 Å². The number of benzene rings is 1. The van der Waals surface area contributed by atoms with Gasteiger partial charge in [-0.25, -0.2) is 4.98 Å². The minimum atomic E-state index is 0.118. The largest absolute Gasteiger partial charge is 0.374 e. The summed E-state index contributed by atoms with van der Waals surface area (Å²) in [6.07, 6.45) is 5.20. The third kappa shape index (κ3) is 3.26. The maximum absolute atomic E-state index is 6.29. The Hall–Kier alpha value is -2.02. The zero-order chi connectivity index (χ0) is 16.4. The maximum atomic E-state index is 6.29. The summed E-state index contributed by atoms with van der Waals surface area (Å²) in [5, 5.41) is 5.90. The van der Waals surface area contributed by atoms with Gasteiger partial charge in [-0.3, -0.25) is 14.6 Å². The van der Waals surface area contributed by atoms with Gasteiger partial charge in [-0.15, -0.1) is 0 Å². The molecule has 0 N–H and O–H groups in total. The van der Waals surface area contributed by atoms with Crippen molar-refractivity contribution in [1.82, 2.24) is 24.6 Å². The average Bonchev–Trinajstić information content (AvgIpc) is 3.11. The standard InChI is InChI=1S/C17H18ClN5O/c18-16-4-3-13(17-15(16)2-1-5-20-17)8-22-6-7-24-14(9-22)10-23-12-19-11-21-23/h1-5,11-12,14H,6-10H2/t14-/m1/s1. The van der Waals surface area contributed by atoms with Gasteiger partial charge in [0.05, 0.1) is 24.8 Å². The summed E-state index contributed by atoms with van der Waals surface area (Å²) >= 11 is 6.29. The molecule has 6 nitrogen and oxygen atoms in total. The van der Waals surface area contributed by atoms with Gasteiger partial charge in [-0.05, 0) is 23.8 Å². The quantitative estimate of drug-likeness (QED) is 0.728. The first-order valence-corrected chi connectivity index (χ1v) is 8.36. The third-order valence-corrected chi connectivity index (χ3v) is 4.60. The highest BCUT2D eigenvalue weighted by atomic mass is 35.5. The van der Waals surface area contributed by atoms with E-state index in [1.54, 1.807) is 12.7 Å². The van der Waals surface area contributed by atoms with Gasteiger partial charge >= 0.3 is 0 Å². The van der Waals surface area contributed by atoms with E-state index in [0.717, 1.165) is 48.7 Å². The van der Waals surface area contributed by atoms with E-state index < -0.39 is 0 Å². The molecule has 3 heterocycles. The van der Waals surface area contributed by atoms with Gasteiger partial charge in [-0.2, -0.15) is 5.10 Å². The summed E-state index contributed by atoms with van der Waals surface area (Å²) in [5.74, 6) is 0. The zero-order valence-electron chi connectivity index (χ0n) is 13.2. The predicted octanol–water partition coefficient (Wildman–Crippen LogP) is 2.38. The fourth-order valence-corrected chi connectivity index (χ4v) is 3.35. The van der Waals surface area contributed by atoms with Crippen LogP contribution in [-0.2, 0) is 17.8 Å². The first kappa shape index (κ1) is 15.5. The lowest BCUT2D eigenvalue weighted by molar-refractivity contribution is -0.0401. The van der Waals surface area contributed by atoms with E-state index in [1.165, 1.54) is 5.56 Å². The Morgan fingerprint density at radius 1 is 1.29 bits per heavy atom. The Bertz CT molecular complexity index is 823. The van der Waals surface area contributed by atoms with Gasteiger partial charge in [-0.1, -0.05) is 17.7 Å². The number of nitrogens with zero attached hydrogens (tertiary/aromatic N) is 5. The van der Waals surface area contributed by atoms with E-state index in [-0.39, 0.29) is 6.10 Å². The van der Waals surface area contributed by atoms with Gasteiger partial charge in [0.1, 0.15) is 12.7 Å². The Labute approximate surface area is 145 Å². The molecule has 1 aromatic carbocycles. The number of fused-ring (bicyclic) bond motifs is 1. The molecule has 0 amide bonds. The molecule has 3 aromatic rings. The lowest BCUT2D eigenvalue weighted by Crippen LogP contribution is -2.43. The summed E-state index contributed by atoms with van der Waals surface area (Å²) in [5.41, 5.74) is 2.17.